The lowest BCUT2D eigenvalue weighted by Crippen LogP contribution is -2.11. The van der Waals surface area contributed by atoms with Crippen molar-refractivity contribution in [3.05, 3.63) is 65.0 Å². The Kier molecular flexibility index (Phi) is 6.57. The van der Waals surface area contributed by atoms with Crippen molar-refractivity contribution in [2.45, 2.75) is 33.5 Å². The molecule has 1 aromatic carbocycles. The molecule has 0 bridgehead atoms. The van der Waals surface area contributed by atoms with Gasteiger partial charge < -0.3 is 10.1 Å². The molecule has 0 spiro atoms. The van der Waals surface area contributed by atoms with Gasteiger partial charge in [0.05, 0.1) is 35.8 Å². The van der Waals surface area contributed by atoms with E-state index in [-0.39, 0.29) is 23.0 Å². The first-order valence-corrected chi connectivity index (χ1v) is 10.6. The number of benzene rings is 1. The summed E-state index contributed by atoms with van der Waals surface area (Å²) in [6.07, 6.45) is -3.28. The molecule has 1 N–H and O–H groups in total. The summed E-state index contributed by atoms with van der Waals surface area (Å²) in [5.74, 6) is 0.770. The van der Waals surface area contributed by atoms with Crippen molar-refractivity contribution in [2.24, 2.45) is 0 Å². The molecule has 0 amide bonds. The molecule has 8 nitrogen and oxygen atoms in total. The number of ether oxygens (including phenoxy) is 1. The van der Waals surface area contributed by atoms with Crippen LogP contribution in [0.2, 0.25) is 0 Å². The second-order valence-corrected chi connectivity index (χ2v) is 7.89. The van der Waals surface area contributed by atoms with Crippen molar-refractivity contribution in [1.29, 1.82) is 0 Å². The van der Waals surface area contributed by atoms with Crippen LogP contribution < -0.4 is 5.32 Å². The molecule has 0 atom stereocenters. The van der Waals surface area contributed by atoms with E-state index in [9.17, 15) is 17.6 Å². The van der Waals surface area contributed by atoms with Gasteiger partial charge in [0.15, 0.2) is 5.82 Å². The maximum Gasteiger partial charge on any atom is 0.419 e. The number of aryl methyl sites for hydroxylation is 1. The third kappa shape index (κ3) is 4.87. The van der Waals surface area contributed by atoms with Crippen LogP contribution in [-0.4, -0.2) is 43.2 Å². The van der Waals surface area contributed by atoms with E-state index in [0.717, 1.165) is 15.8 Å². The lowest BCUT2D eigenvalue weighted by molar-refractivity contribution is -0.138. The average molecular weight is 489 g/mol. The summed E-state index contributed by atoms with van der Waals surface area (Å²) in [6, 6.07) is 7.49. The number of hydrogen-bond acceptors (Lipinski definition) is 6. The van der Waals surface area contributed by atoms with E-state index in [1.807, 2.05) is 6.92 Å². The minimum Gasteiger partial charge on any atom is -0.383 e. The van der Waals surface area contributed by atoms with Crippen LogP contribution in [-0.2, 0) is 17.5 Å². The maximum absolute atomic E-state index is 13.4. The largest absolute Gasteiger partial charge is 0.419 e. The van der Waals surface area contributed by atoms with E-state index in [4.69, 9.17) is 4.74 Å². The predicted octanol–water partition coefficient (Wildman–Crippen LogP) is 5.00. The summed E-state index contributed by atoms with van der Waals surface area (Å²) in [5, 5.41) is 11.9. The Balaban J connectivity index is 1.72. The highest BCUT2D eigenvalue weighted by atomic mass is 19.4. The van der Waals surface area contributed by atoms with Gasteiger partial charge in [-0.15, -0.1) is 0 Å². The molecule has 0 aliphatic carbocycles. The molecule has 4 aromatic rings. The molecule has 0 aliphatic rings. The van der Waals surface area contributed by atoms with E-state index < -0.39 is 11.7 Å². The first-order valence-electron chi connectivity index (χ1n) is 10.6. The lowest BCUT2D eigenvalue weighted by Gasteiger charge is -2.11. The van der Waals surface area contributed by atoms with Gasteiger partial charge in [-0.3, -0.25) is 0 Å². The first kappa shape index (κ1) is 24.3. The molecule has 12 heteroatoms. The molecule has 0 unspecified atom stereocenters. The molecule has 0 saturated heterocycles. The maximum atomic E-state index is 13.4. The summed E-state index contributed by atoms with van der Waals surface area (Å²) in [4.78, 5) is 8.32. The fourth-order valence-electron chi connectivity index (χ4n) is 3.86. The second kappa shape index (κ2) is 9.45. The Bertz CT molecular complexity index is 1340. The average Bonchev–Trinajstić information content (AvgIpc) is 3.28. The highest BCUT2D eigenvalue weighted by molar-refractivity contribution is 5.71. The van der Waals surface area contributed by atoms with E-state index in [0.29, 0.717) is 30.5 Å². The third-order valence-corrected chi connectivity index (χ3v) is 5.51. The van der Waals surface area contributed by atoms with Crippen LogP contribution in [0.4, 0.5) is 29.2 Å². The molecule has 184 valence electrons. The minimum absolute atomic E-state index is 0.0698. The standard InChI is InChI=1S/C23H23F4N7O/c1-13-21(16-5-7-17(24)8-6-16)32-33(9-10-35-4)22(13)30-18-11-19(29-12-28-18)34-15(3)20(14(2)31-34)23(25,26)27/h5-8,11-12H,9-10H2,1-4H3,(H,28,29,30). The molecule has 0 saturated carbocycles. The van der Waals surface area contributed by atoms with Gasteiger partial charge in [-0.05, 0) is 45.0 Å². The monoisotopic (exact) mass is 489 g/mol. The van der Waals surface area contributed by atoms with Gasteiger partial charge in [0.25, 0.3) is 0 Å². The van der Waals surface area contributed by atoms with Gasteiger partial charge in [-0.2, -0.15) is 23.4 Å². The Morgan fingerprint density at radius 3 is 2.37 bits per heavy atom. The topological polar surface area (TPSA) is 82.7 Å². The molecule has 4 rings (SSSR count). The molecule has 35 heavy (non-hydrogen) atoms. The first-order chi connectivity index (χ1) is 16.6. The van der Waals surface area contributed by atoms with E-state index in [1.165, 1.54) is 38.4 Å². The van der Waals surface area contributed by atoms with E-state index in [2.05, 4.69) is 25.5 Å². The number of halogens is 4. The summed E-state index contributed by atoms with van der Waals surface area (Å²) >= 11 is 0. The number of hydrogen-bond donors (Lipinski definition) is 1. The number of anilines is 2. The van der Waals surface area contributed by atoms with Gasteiger partial charge in [-0.25, -0.2) is 23.7 Å². The van der Waals surface area contributed by atoms with Crippen LogP contribution >= 0.6 is 0 Å². The summed E-state index contributed by atoms with van der Waals surface area (Å²) in [7, 11) is 1.57. The van der Waals surface area contributed by atoms with Crippen LogP contribution in [0.25, 0.3) is 17.1 Å². The van der Waals surface area contributed by atoms with Crippen molar-refractivity contribution in [1.82, 2.24) is 29.5 Å². The van der Waals surface area contributed by atoms with E-state index >= 15 is 0 Å². The Hall–Kier alpha value is -3.80. The fraction of sp³-hybridized carbons (Fsp3) is 0.304. The second-order valence-electron chi connectivity index (χ2n) is 7.89. The Morgan fingerprint density at radius 2 is 1.74 bits per heavy atom. The molecule has 3 heterocycles. The van der Waals surface area contributed by atoms with Crippen LogP contribution in [0.1, 0.15) is 22.5 Å². The number of rotatable bonds is 7. The number of methoxy groups -OCH3 is 1. The quantitative estimate of drug-likeness (QED) is 0.368. The SMILES string of the molecule is COCCn1nc(-c2ccc(F)cc2)c(C)c1Nc1cc(-n2nc(C)c(C(F)(F)F)c2C)ncn1. The predicted molar refractivity (Wildman–Crippen MR) is 121 cm³/mol. The van der Waals surface area contributed by atoms with Crippen molar-refractivity contribution in [2.75, 3.05) is 19.0 Å². The Morgan fingerprint density at radius 1 is 1.03 bits per heavy atom. The third-order valence-electron chi connectivity index (χ3n) is 5.51. The number of alkyl halides is 3. The van der Waals surface area contributed by atoms with Crippen molar-refractivity contribution >= 4 is 11.6 Å². The van der Waals surface area contributed by atoms with Crippen molar-refractivity contribution in [3.8, 4) is 17.1 Å². The summed E-state index contributed by atoms with van der Waals surface area (Å²) in [6.45, 7) is 5.32. The molecule has 0 fully saturated rings. The van der Waals surface area contributed by atoms with Gasteiger partial charge >= 0.3 is 6.18 Å². The Labute approximate surface area is 198 Å². The van der Waals surface area contributed by atoms with Gasteiger partial charge in [0, 0.05) is 24.3 Å². The fourth-order valence-corrected chi connectivity index (χ4v) is 3.86. The van der Waals surface area contributed by atoms with Gasteiger partial charge in [-0.1, -0.05) is 0 Å². The summed E-state index contributed by atoms with van der Waals surface area (Å²) < 4.78 is 61.7. The van der Waals surface area contributed by atoms with Crippen LogP contribution in [0.15, 0.2) is 36.7 Å². The zero-order chi connectivity index (χ0) is 25.3. The van der Waals surface area contributed by atoms with E-state index in [1.54, 1.807) is 23.9 Å². The minimum atomic E-state index is -4.53. The van der Waals surface area contributed by atoms with Gasteiger partial charge in [0.2, 0.25) is 0 Å². The van der Waals surface area contributed by atoms with Crippen LogP contribution in [0.5, 0.6) is 0 Å². The molecular formula is C23H23F4N7O. The highest BCUT2D eigenvalue weighted by Gasteiger charge is 2.37. The van der Waals surface area contributed by atoms with Gasteiger partial charge in [0.1, 0.15) is 23.8 Å². The molecule has 3 aromatic heterocycles. The van der Waals surface area contributed by atoms with Crippen LogP contribution in [0.3, 0.4) is 0 Å². The number of nitrogens with one attached hydrogen (secondary N) is 1. The smallest absolute Gasteiger partial charge is 0.383 e. The molecule has 0 radical (unpaired) electrons. The normalized spacial score (nSPS) is 11.8. The highest BCUT2D eigenvalue weighted by Crippen LogP contribution is 2.35. The lowest BCUT2D eigenvalue weighted by atomic mass is 10.1. The summed E-state index contributed by atoms with van der Waals surface area (Å²) in [5.41, 5.74) is 1.15. The molecular weight excluding hydrogens is 466 g/mol. The molecule has 0 aliphatic heterocycles. The van der Waals surface area contributed by atoms with Crippen molar-refractivity contribution < 1.29 is 22.3 Å². The van der Waals surface area contributed by atoms with Crippen LogP contribution in [0, 0.1) is 26.6 Å². The number of aromatic nitrogens is 6. The zero-order valence-electron chi connectivity index (χ0n) is 19.5. The van der Waals surface area contributed by atoms with Crippen molar-refractivity contribution in [3.63, 3.8) is 0 Å². The number of nitrogens with zero attached hydrogens (tertiary/aromatic N) is 6. The zero-order valence-corrected chi connectivity index (χ0v) is 19.5.